The first-order valence-corrected chi connectivity index (χ1v) is 14.4. The Morgan fingerprint density at radius 3 is 2.31 bits per heavy atom. The highest BCUT2D eigenvalue weighted by molar-refractivity contribution is 7.92. The normalized spacial score (nSPS) is 14.4. The molecule has 36 heavy (non-hydrogen) atoms. The molecule has 1 heterocycles. The number of amides is 1. The van der Waals surface area contributed by atoms with Gasteiger partial charge in [-0.2, -0.15) is 0 Å². The van der Waals surface area contributed by atoms with Crippen LogP contribution in [-0.4, -0.2) is 38.6 Å². The monoisotopic (exact) mass is 525 g/mol. The lowest BCUT2D eigenvalue weighted by Gasteiger charge is -2.26. The summed E-state index contributed by atoms with van der Waals surface area (Å²) in [6, 6.07) is 22.1. The number of hydrogen-bond donors (Lipinski definition) is 1. The quantitative estimate of drug-likeness (QED) is 0.415. The van der Waals surface area contributed by atoms with E-state index in [1.54, 1.807) is 48.5 Å². The van der Waals surface area contributed by atoms with Gasteiger partial charge in [-0.05, 0) is 73.0 Å². The molecule has 0 aromatic heterocycles. The van der Waals surface area contributed by atoms with Crippen molar-refractivity contribution in [2.24, 2.45) is 0 Å². The van der Waals surface area contributed by atoms with E-state index in [0.29, 0.717) is 22.8 Å². The SMILES string of the molecule is CS(=O)(=O)N(Cc1ccc(C(=O)NCc2cccc(CN3CCCCC3)c2)cc1)c1cccc(Cl)c1. The van der Waals surface area contributed by atoms with Crippen molar-refractivity contribution < 1.29 is 13.2 Å². The van der Waals surface area contributed by atoms with Crippen LogP contribution in [0, 0.1) is 0 Å². The highest BCUT2D eigenvalue weighted by Crippen LogP contribution is 2.24. The van der Waals surface area contributed by atoms with E-state index < -0.39 is 10.0 Å². The summed E-state index contributed by atoms with van der Waals surface area (Å²) in [6.07, 6.45) is 5.02. The molecular formula is C28H32ClN3O3S. The minimum atomic E-state index is -3.52. The zero-order chi connectivity index (χ0) is 25.5. The van der Waals surface area contributed by atoms with Gasteiger partial charge in [-0.15, -0.1) is 0 Å². The van der Waals surface area contributed by atoms with Gasteiger partial charge < -0.3 is 5.32 Å². The van der Waals surface area contributed by atoms with E-state index in [1.165, 1.54) is 29.1 Å². The maximum Gasteiger partial charge on any atom is 0.251 e. The lowest BCUT2D eigenvalue weighted by atomic mass is 10.1. The van der Waals surface area contributed by atoms with Gasteiger partial charge in [0.2, 0.25) is 10.0 Å². The number of carbonyl (C=O) groups is 1. The van der Waals surface area contributed by atoms with Crippen LogP contribution < -0.4 is 9.62 Å². The Kier molecular flexibility index (Phi) is 8.67. The molecule has 0 unspecified atom stereocenters. The minimum absolute atomic E-state index is 0.144. The number of sulfonamides is 1. The molecule has 1 aliphatic heterocycles. The number of rotatable bonds is 9. The Labute approximate surface area is 218 Å². The third kappa shape index (κ3) is 7.32. The average Bonchev–Trinajstić information content (AvgIpc) is 2.86. The van der Waals surface area contributed by atoms with E-state index in [4.69, 9.17) is 11.6 Å². The molecule has 1 aliphatic rings. The number of likely N-dealkylation sites (tertiary alicyclic amines) is 1. The topological polar surface area (TPSA) is 69.7 Å². The molecule has 0 atom stereocenters. The predicted octanol–water partition coefficient (Wildman–Crippen LogP) is 5.22. The molecule has 0 radical (unpaired) electrons. The maximum absolute atomic E-state index is 12.7. The summed E-state index contributed by atoms with van der Waals surface area (Å²) < 4.78 is 26.1. The summed E-state index contributed by atoms with van der Waals surface area (Å²) >= 11 is 6.06. The van der Waals surface area contributed by atoms with Crippen molar-refractivity contribution in [2.45, 2.75) is 38.9 Å². The third-order valence-electron chi connectivity index (χ3n) is 6.34. The van der Waals surface area contributed by atoms with E-state index in [-0.39, 0.29) is 12.5 Å². The minimum Gasteiger partial charge on any atom is -0.348 e. The van der Waals surface area contributed by atoms with Crippen molar-refractivity contribution in [3.05, 3.63) is 100 Å². The predicted molar refractivity (Wildman–Crippen MR) is 146 cm³/mol. The summed E-state index contributed by atoms with van der Waals surface area (Å²) in [5, 5.41) is 3.45. The van der Waals surface area contributed by atoms with Crippen molar-refractivity contribution in [1.82, 2.24) is 10.2 Å². The summed E-state index contributed by atoms with van der Waals surface area (Å²) in [5.74, 6) is -0.169. The highest BCUT2D eigenvalue weighted by atomic mass is 35.5. The number of nitrogens with zero attached hydrogens (tertiary/aromatic N) is 2. The van der Waals surface area contributed by atoms with Crippen molar-refractivity contribution >= 4 is 33.2 Å². The Bertz CT molecular complexity index is 1290. The van der Waals surface area contributed by atoms with Crippen molar-refractivity contribution in [3.8, 4) is 0 Å². The fourth-order valence-corrected chi connectivity index (χ4v) is 5.52. The Morgan fingerprint density at radius 2 is 1.61 bits per heavy atom. The van der Waals surface area contributed by atoms with Crippen LogP contribution in [0.1, 0.15) is 46.3 Å². The van der Waals surface area contributed by atoms with Gasteiger partial charge in [-0.1, -0.05) is 60.5 Å². The molecular weight excluding hydrogens is 494 g/mol. The van der Waals surface area contributed by atoms with Gasteiger partial charge in [0.15, 0.2) is 0 Å². The Balaban J connectivity index is 1.36. The molecule has 1 saturated heterocycles. The molecule has 0 bridgehead atoms. The average molecular weight is 526 g/mol. The van der Waals surface area contributed by atoms with E-state index in [9.17, 15) is 13.2 Å². The zero-order valence-electron chi connectivity index (χ0n) is 20.5. The summed E-state index contributed by atoms with van der Waals surface area (Å²) in [7, 11) is -3.52. The molecule has 8 heteroatoms. The fraction of sp³-hybridized carbons (Fsp3) is 0.321. The number of carbonyl (C=O) groups excluding carboxylic acids is 1. The van der Waals surface area contributed by atoms with Gasteiger partial charge in [0.25, 0.3) is 5.91 Å². The largest absolute Gasteiger partial charge is 0.348 e. The van der Waals surface area contributed by atoms with Crippen molar-refractivity contribution in [1.29, 1.82) is 0 Å². The molecule has 0 aliphatic carbocycles. The van der Waals surface area contributed by atoms with E-state index >= 15 is 0 Å². The molecule has 1 fully saturated rings. The third-order valence-corrected chi connectivity index (χ3v) is 7.71. The van der Waals surface area contributed by atoms with E-state index in [1.807, 2.05) is 12.1 Å². The zero-order valence-corrected chi connectivity index (χ0v) is 22.1. The maximum atomic E-state index is 12.7. The van der Waals surface area contributed by atoms with Gasteiger partial charge in [0.05, 0.1) is 18.5 Å². The van der Waals surface area contributed by atoms with Gasteiger partial charge in [0, 0.05) is 23.7 Å². The lowest BCUT2D eigenvalue weighted by molar-refractivity contribution is 0.0951. The van der Waals surface area contributed by atoms with Crippen molar-refractivity contribution in [2.75, 3.05) is 23.7 Å². The van der Waals surface area contributed by atoms with Crippen LogP contribution in [-0.2, 0) is 29.7 Å². The van der Waals surface area contributed by atoms with Crippen LogP contribution in [0.5, 0.6) is 0 Å². The number of hydrogen-bond acceptors (Lipinski definition) is 4. The molecule has 1 N–H and O–H groups in total. The van der Waals surface area contributed by atoms with Crippen LogP contribution in [0.2, 0.25) is 5.02 Å². The number of halogens is 1. The molecule has 6 nitrogen and oxygen atoms in total. The molecule has 0 spiro atoms. The van der Waals surface area contributed by atoms with Gasteiger partial charge >= 0.3 is 0 Å². The molecule has 1 amide bonds. The number of nitrogens with one attached hydrogen (secondary N) is 1. The van der Waals surface area contributed by atoms with Gasteiger partial charge in [0.1, 0.15) is 0 Å². The van der Waals surface area contributed by atoms with Crippen molar-refractivity contribution in [3.63, 3.8) is 0 Å². The molecule has 3 aromatic carbocycles. The number of piperidine rings is 1. The van der Waals surface area contributed by atoms with E-state index in [0.717, 1.165) is 37.0 Å². The molecule has 0 saturated carbocycles. The summed E-state index contributed by atoms with van der Waals surface area (Å²) in [5.41, 5.74) is 4.12. The van der Waals surface area contributed by atoms with Crippen LogP contribution >= 0.6 is 11.6 Å². The van der Waals surface area contributed by atoms with Crippen LogP contribution in [0.4, 0.5) is 5.69 Å². The number of anilines is 1. The first-order valence-electron chi connectivity index (χ1n) is 12.2. The smallest absolute Gasteiger partial charge is 0.251 e. The number of benzene rings is 3. The molecule has 3 aromatic rings. The first kappa shape index (κ1) is 26.2. The summed E-state index contributed by atoms with van der Waals surface area (Å²) in [6.45, 7) is 3.84. The fourth-order valence-electron chi connectivity index (χ4n) is 4.46. The van der Waals surface area contributed by atoms with Gasteiger partial charge in [-0.25, -0.2) is 8.42 Å². The van der Waals surface area contributed by atoms with Gasteiger partial charge in [-0.3, -0.25) is 14.0 Å². The first-order chi connectivity index (χ1) is 17.3. The molecule has 4 rings (SSSR count). The van der Waals surface area contributed by atoms with E-state index in [2.05, 4.69) is 22.3 Å². The second-order valence-corrected chi connectivity index (χ2v) is 11.6. The standard InChI is InChI=1S/C28H32ClN3O3S/c1-36(34,35)32(27-10-6-9-26(29)18-27)21-22-11-13-25(14-12-22)28(33)30-19-23-7-5-8-24(17-23)20-31-15-3-2-4-16-31/h5-14,17-18H,2-4,15-16,19-21H2,1H3,(H,30,33). The second kappa shape index (κ2) is 11.9. The van der Waals surface area contributed by atoms with Crippen LogP contribution in [0.15, 0.2) is 72.8 Å². The highest BCUT2D eigenvalue weighted by Gasteiger charge is 2.18. The second-order valence-electron chi connectivity index (χ2n) is 9.29. The van der Waals surface area contributed by atoms with Crippen LogP contribution in [0.25, 0.3) is 0 Å². The Morgan fingerprint density at radius 1 is 0.917 bits per heavy atom. The summed E-state index contributed by atoms with van der Waals surface area (Å²) in [4.78, 5) is 15.2. The Hall–Kier alpha value is -2.87. The van der Waals surface area contributed by atoms with Crippen LogP contribution in [0.3, 0.4) is 0 Å². The lowest BCUT2D eigenvalue weighted by Crippen LogP contribution is -2.29. The molecule has 190 valence electrons.